The van der Waals surface area contributed by atoms with Gasteiger partial charge in [0, 0.05) is 38.4 Å². The van der Waals surface area contributed by atoms with Crippen LogP contribution in [0.15, 0.2) is 60.8 Å². The van der Waals surface area contributed by atoms with E-state index in [1.165, 1.54) is 0 Å². The quantitative estimate of drug-likeness (QED) is 0.471. The second-order valence-corrected chi connectivity index (χ2v) is 8.98. The van der Waals surface area contributed by atoms with Crippen LogP contribution < -0.4 is 4.90 Å². The molecule has 3 aromatic rings. The summed E-state index contributed by atoms with van der Waals surface area (Å²) in [4.78, 5) is 39.1. The van der Waals surface area contributed by atoms with Gasteiger partial charge < -0.3 is 14.5 Å². The second-order valence-electron chi connectivity index (χ2n) is 8.98. The number of aryl methyl sites for hydroxylation is 1. The van der Waals surface area contributed by atoms with E-state index in [1.807, 2.05) is 61.3 Å². The Morgan fingerprint density at radius 2 is 1.94 bits per heavy atom. The van der Waals surface area contributed by atoms with Gasteiger partial charge in [-0.1, -0.05) is 54.1 Å². The minimum atomic E-state index is -0.300. The fraction of sp³-hybridized carbons (Fsp3) is 0.357. The van der Waals surface area contributed by atoms with Crippen LogP contribution in [-0.2, 0) is 16.1 Å². The van der Waals surface area contributed by atoms with E-state index in [1.54, 1.807) is 18.0 Å². The number of esters is 1. The van der Waals surface area contributed by atoms with E-state index in [0.717, 1.165) is 29.5 Å². The van der Waals surface area contributed by atoms with Gasteiger partial charge in [-0.05, 0) is 38.3 Å². The first-order valence-corrected chi connectivity index (χ1v) is 12.1. The van der Waals surface area contributed by atoms with Crippen LogP contribution in [0.2, 0.25) is 0 Å². The number of piperidine rings is 1. The zero-order valence-corrected chi connectivity index (χ0v) is 20.6. The third-order valence-electron chi connectivity index (χ3n) is 6.23. The second kappa shape index (κ2) is 11.1. The highest BCUT2D eigenvalue weighted by Crippen LogP contribution is 2.27. The van der Waals surface area contributed by atoms with Crippen LogP contribution in [0.5, 0.6) is 0 Å². The number of hydrogen-bond donors (Lipinski definition) is 0. The zero-order valence-electron chi connectivity index (χ0n) is 20.6. The first kappa shape index (κ1) is 24.4. The van der Waals surface area contributed by atoms with Crippen molar-refractivity contribution in [3.05, 3.63) is 77.5 Å². The molecule has 1 atom stereocenters. The summed E-state index contributed by atoms with van der Waals surface area (Å²) in [6.07, 6.45) is 3.11. The normalized spacial score (nSPS) is 15.5. The standard InChI is InChI=1S/C28H32N4O3/c1-4-35-28(34)23-14-9-15-32(19-23)27(33)24-17-29-25(22-13-8-10-20(2)16-22)30-26(24)31(3)18-21-11-6-5-7-12-21/h5-8,10-13,16-17,23H,4,9,14-15,18-19H2,1-3H3/t23-/m1/s1. The Morgan fingerprint density at radius 1 is 1.14 bits per heavy atom. The number of amides is 1. The average Bonchev–Trinajstić information content (AvgIpc) is 2.88. The number of rotatable bonds is 7. The Kier molecular flexibility index (Phi) is 7.75. The molecule has 2 heterocycles. The third-order valence-corrected chi connectivity index (χ3v) is 6.23. The molecule has 1 saturated heterocycles. The number of benzene rings is 2. The molecule has 1 aliphatic heterocycles. The number of carbonyl (C=O) groups excluding carboxylic acids is 2. The maximum absolute atomic E-state index is 13.7. The summed E-state index contributed by atoms with van der Waals surface area (Å²) in [5.41, 5.74) is 3.57. The highest BCUT2D eigenvalue weighted by atomic mass is 16.5. The van der Waals surface area contributed by atoms with E-state index < -0.39 is 0 Å². The average molecular weight is 473 g/mol. The molecule has 1 fully saturated rings. The highest BCUT2D eigenvalue weighted by molar-refractivity contribution is 5.99. The Bertz CT molecular complexity index is 1180. The summed E-state index contributed by atoms with van der Waals surface area (Å²) in [7, 11) is 1.93. The number of hydrogen-bond acceptors (Lipinski definition) is 6. The lowest BCUT2D eigenvalue weighted by atomic mass is 9.97. The molecular weight excluding hydrogens is 440 g/mol. The van der Waals surface area contributed by atoms with Crippen molar-refractivity contribution in [2.24, 2.45) is 5.92 Å². The van der Waals surface area contributed by atoms with E-state index in [9.17, 15) is 9.59 Å². The number of ether oxygens (including phenoxy) is 1. The number of anilines is 1. The molecule has 7 heteroatoms. The van der Waals surface area contributed by atoms with Crippen LogP contribution in [0.4, 0.5) is 5.82 Å². The van der Waals surface area contributed by atoms with Gasteiger partial charge in [0.1, 0.15) is 11.4 Å². The Hall–Kier alpha value is -3.74. The van der Waals surface area contributed by atoms with E-state index in [4.69, 9.17) is 9.72 Å². The molecule has 1 amide bonds. The third kappa shape index (κ3) is 5.85. The predicted molar refractivity (Wildman–Crippen MR) is 136 cm³/mol. The first-order chi connectivity index (χ1) is 17.0. The molecule has 0 N–H and O–H groups in total. The van der Waals surface area contributed by atoms with Crippen molar-refractivity contribution >= 4 is 17.7 Å². The molecule has 0 bridgehead atoms. The van der Waals surface area contributed by atoms with Gasteiger partial charge in [0.25, 0.3) is 5.91 Å². The Labute approximate surface area is 206 Å². The van der Waals surface area contributed by atoms with E-state index in [0.29, 0.717) is 43.4 Å². The van der Waals surface area contributed by atoms with Gasteiger partial charge in [-0.15, -0.1) is 0 Å². The summed E-state index contributed by atoms with van der Waals surface area (Å²) in [5, 5.41) is 0. The van der Waals surface area contributed by atoms with Gasteiger partial charge in [-0.25, -0.2) is 9.97 Å². The first-order valence-electron chi connectivity index (χ1n) is 12.1. The molecule has 1 aliphatic rings. The van der Waals surface area contributed by atoms with Crippen molar-refractivity contribution < 1.29 is 14.3 Å². The lowest BCUT2D eigenvalue weighted by Crippen LogP contribution is -2.43. The van der Waals surface area contributed by atoms with Crippen molar-refractivity contribution in [3.8, 4) is 11.4 Å². The van der Waals surface area contributed by atoms with Gasteiger partial charge in [-0.2, -0.15) is 0 Å². The van der Waals surface area contributed by atoms with Crippen LogP contribution >= 0.6 is 0 Å². The molecule has 182 valence electrons. The van der Waals surface area contributed by atoms with Gasteiger partial charge in [0.15, 0.2) is 5.82 Å². The Balaban J connectivity index is 1.67. The molecular formula is C28H32N4O3. The van der Waals surface area contributed by atoms with E-state index in [-0.39, 0.29) is 17.8 Å². The summed E-state index contributed by atoms with van der Waals surface area (Å²) in [6, 6.07) is 18.1. The highest BCUT2D eigenvalue weighted by Gasteiger charge is 2.31. The molecule has 35 heavy (non-hydrogen) atoms. The maximum Gasteiger partial charge on any atom is 0.310 e. The lowest BCUT2D eigenvalue weighted by Gasteiger charge is -2.32. The van der Waals surface area contributed by atoms with Gasteiger partial charge >= 0.3 is 5.97 Å². The van der Waals surface area contributed by atoms with E-state index in [2.05, 4.69) is 17.1 Å². The van der Waals surface area contributed by atoms with Crippen molar-refractivity contribution in [3.63, 3.8) is 0 Å². The molecule has 4 rings (SSSR count). The number of nitrogens with zero attached hydrogens (tertiary/aromatic N) is 4. The smallest absolute Gasteiger partial charge is 0.310 e. The van der Waals surface area contributed by atoms with Crippen LogP contribution in [-0.4, -0.2) is 53.5 Å². The zero-order chi connectivity index (χ0) is 24.8. The van der Waals surface area contributed by atoms with Crippen LogP contribution in [0, 0.1) is 12.8 Å². The molecule has 7 nitrogen and oxygen atoms in total. The monoisotopic (exact) mass is 472 g/mol. The number of likely N-dealkylation sites (tertiary alicyclic amines) is 1. The van der Waals surface area contributed by atoms with Crippen LogP contribution in [0.25, 0.3) is 11.4 Å². The summed E-state index contributed by atoms with van der Waals surface area (Å²) in [5.74, 6) is 0.444. The molecule has 1 aromatic heterocycles. The molecule has 0 unspecified atom stereocenters. The number of carbonyl (C=O) groups is 2. The van der Waals surface area contributed by atoms with Crippen LogP contribution in [0.3, 0.4) is 0 Å². The fourth-order valence-corrected chi connectivity index (χ4v) is 4.45. The van der Waals surface area contributed by atoms with Crippen molar-refractivity contribution in [1.82, 2.24) is 14.9 Å². The lowest BCUT2D eigenvalue weighted by molar-refractivity contribution is -0.149. The van der Waals surface area contributed by atoms with Gasteiger partial charge in [0.2, 0.25) is 0 Å². The van der Waals surface area contributed by atoms with Gasteiger partial charge in [-0.3, -0.25) is 9.59 Å². The SMILES string of the molecule is CCOC(=O)[C@@H]1CCCN(C(=O)c2cnc(-c3cccc(C)c3)nc2N(C)Cc2ccccc2)C1. The maximum atomic E-state index is 13.7. The van der Waals surface area contributed by atoms with Crippen molar-refractivity contribution in [1.29, 1.82) is 0 Å². The molecule has 0 radical (unpaired) electrons. The molecule has 2 aromatic carbocycles. The van der Waals surface area contributed by atoms with E-state index >= 15 is 0 Å². The topological polar surface area (TPSA) is 75.6 Å². The van der Waals surface area contributed by atoms with Gasteiger partial charge in [0.05, 0.1) is 12.5 Å². The summed E-state index contributed by atoms with van der Waals surface area (Å²) in [6.45, 7) is 5.70. The predicted octanol–water partition coefficient (Wildman–Crippen LogP) is 4.50. The largest absolute Gasteiger partial charge is 0.466 e. The fourth-order valence-electron chi connectivity index (χ4n) is 4.45. The molecule has 0 aliphatic carbocycles. The molecule has 0 saturated carbocycles. The minimum absolute atomic E-state index is 0.162. The number of aromatic nitrogens is 2. The Morgan fingerprint density at radius 3 is 2.69 bits per heavy atom. The summed E-state index contributed by atoms with van der Waals surface area (Å²) < 4.78 is 5.21. The molecule has 0 spiro atoms. The van der Waals surface area contributed by atoms with Crippen molar-refractivity contribution in [2.75, 3.05) is 31.6 Å². The minimum Gasteiger partial charge on any atom is -0.466 e. The summed E-state index contributed by atoms with van der Waals surface area (Å²) >= 11 is 0. The van der Waals surface area contributed by atoms with Crippen molar-refractivity contribution in [2.45, 2.75) is 33.2 Å². The van der Waals surface area contributed by atoms with Crippen LogP contribution in [0.1, 0.15) is 41.3 Å².